The number of rotatable bonds is 16. The molecule has 5 N–H and O–H groups in total. The van der Waals surface area contributed by atoms with Crippen molar-refractivity contribution in [3.05, 3.63) is 130 Å². The Labute approximate surface area is 707 Å². The van der Waals surface area contributed by atoms with E-state index in [2.05, 4.69) is 43.1 Å². The number of hydrogen-bond acceptors (Lipinski definition) is 22. The quantitative estimate of drug-likeness (QED) is 0.0177. The van der Waals surface area contributed by atoms with E-state index in [0.717, 1.165) is 201 Å². The number of carbonyl (C=O) groups is 15. The van der Waals surface area contributed by atoms with Gasteiger partial charge in [0.25, 0.3) is 5.91 Å². The number of barbiturate groups is 2. The van der Waals surface area contributed by atoms with Crippen LogP contribution in [0, 0.1) is 61.1 Å². The second-order valence-electron chi connectivity index (χ2n) is 29.7. The molecule has 4 atom stereocenters. The SMILES string of the molecule is CCC(N)=O.CCOC(=O)C(C#N)=C1CCCCC1.CCOC(=O)C(C)(C#N)C1=CCCCC1.CCOC(=O)CC#N.CN1C(=O)N(CC(=O)c2ccccc2)C(=O)C(C)(C2=CCCCC2)C1=O.CN1C(=O)NC(=N)C(C)(C2=CCCCC2)C1=O.CN1C(=O)NC(=O)C(C)(C2=CCCCC2)C1=O.O=C(CBr)c1ccccc1.O=C1CCCCC1. The molecule has 3 aliphatic heterocycles. The van der Waals surface area contributed by atoms with Crippen LogP contribution < -0.4 is 16.4 Å². The van der Waals surface area contributed by atoms with Gasteiger partial charge in [0, 0.05) is 51.5 Å². The molecule has 30 heteroatoms. The molecular weight excluding hydrogens is 1590 g/mol. The molecule has 6 aliphatic carbocycles. The monoisotopic (exact) mass is 1710 g/mol. The summed E-state index contributed by atoms with van der Waals surface area (Å²) in [6.07, 6.45) is 33.7. The lowest BCUT2D eigenvalue weighted by molar-refractivity contribution is -0.154. The average molecular weight is 1710 g/mol. The molecule has 2 aromatic rings. The maximum atomic E-state index is 13.1. The van der Waals surface area contributed by atoms with Crippen LogP contribution in [0.25, 0.3) is 0 Å². The van der Waals surface area contributed by atoms with Crippen molar-refractivity contribution in [1.82, 2.24) is 30.2 Å². The average Bonchev–Trinajstić information content (AvgIpc) is 0.755. The summed E-state index contributed by atoms with van der Waals surface area (Å²) in [5.74, 6) is -3.68. The number of alkyl halides is 1. The van der Waals surface area contributed by atoms with Gasteiger partial charge in [0.2, 0.25) is 29.5 Å². The lowest BCUT2D eigenvalue weighted by atomic mass is 9.73. The Morgan fingerprint density at radius 1 is 0.529 bits per heavy atom. The molecule has 644 valence electrons. The minimum Gasteiger partial charge on any atom is -0.465 e. The summed E-state index contributed by atoms with van der Waals surface area (Å²) in [5.41, 5.74) is 5.86. The molecule has 29 nitrogen and oxygen atoms in total. The number of nitrogens with two attached hydrogens (primary N) is 1. The van der Waals surface area contributed by atoms with Crippen LogP contribution in [0.2, 0.25) is 0 Å². The Morgan fingerprint density at radius 3 is 1.35 bits per heavy atom. The van der Waals surface area contributed by atoms with Gasteiger partial charge in [0.15, 0.2) is 17.0 Å². The molecule has 0 bridgehead atoms. The molecule has 4 unspecified atom stereocenters. The highest BCUT2D eigenvalue weighted by Crippen LogP contribution is 2.43. The smallest absolute Gasteiger partial charge is 0.348 e. The van der Waals surface area contributed by atoms with Crippen molar-refractivity contribution in [1.29, 1.82) is 21.2 Å². The summed E-state index contributed by atoms with van der Waals surface area (Å²) in [7, 11) is 4.20. The molecule has 9 aliphatic rings. The van der Waals surface area contributed by atoms with E-state index in [-0.39, 0.29) is 47.8 Å². The Bertz CT molecular complexity index is 4190. The normalized spacial score (nSPS) is 21.1. The van der Waals surface area contributed by atoms with Gasteiger partial charge in [-0.2, -0.15) is 15.8 Å². The van der Waals surface area contributed by atoms with Gasteiger partial charge in [-0.05, 0) is 212 Å². The number of amides is 12. The van der Waals surface area contributed by atoms with Crippen molar-refractivity contribution >= 4 is 111 Å². The third-order valence-electron chi connectivity index (χ3n) is 21.3. The number of primary amides is 1. The van der Waals surface area contributed by atoms with E-state index in [4.69, 9.17) is 30.7 Å². The number of nitrogens with zero attached hydrogens (tertiary/aromatic N) is 7. The second kappa shape index (κ2) is 51.9. The molecule has 3 saturated heterocycles. The third kappa shape index (κ3) is 29.4. The Hall–Kier alpha value is -11.2. The maximum Gasteiger partial charge on any atom is 0.348 e. The maximum absolute atomic E-state index is 13.1. The predicted octanol–water partition coefficient (Wildman–Crippen LogP) is 14.7. The molecule has 0 aromatic heterocycles. The van der Waals surface area contributed by atoms with Crippen LogP contribution in [0.5, 0.6) is 0 Å². The minimum absolute atomic E-state index is 0.00116. The second-order valence-corrected chi connectivity index (χ2v) is 30.3. The Kier molecular flexibility index (Phi) is 44.5. The lowest BCUT2D eigenvalue weighted by Crippen LogP contribution is -2.64. The number of allylic oxidation sites excluding steroid dienone is 5. The topological polar surface area (TPSA) is 442 Å². The lowest BCUT2D eigenvalue weighted by Gasteiger charge is -2.42. The minimum atomic E-state index is -1.42. The molecule has 2 aromatic carbocycles. The van der Waals surface area contributed by atoms with Crippen molar-refractivity contribution < 1.29 is 86.1 Å². The van der Waals surface area contributed by atoms with E-state index in [1.807, 2.05) is 60.7 Å². The van der Waals surface area contributed by atoms with E-state index >= 15 is 0 Å². The fraction of sp³-hybridized carbons (Fsp3) is 0.539. The van der Waals surface area contributed by atoms with Gasteiger partial charge in [-0.15, -0.1) is 0 Å². The van der Waals surface area contributed by atoms with Gasteiger partial charge in [0.1, 0.15) is 45.9 Å². The summed E-state index contributed by atoms with van der Waals surface area (Å²) in [5, 5.41) is 38.9. The standard InChI is InChI=1S/C20H22N2O4.C12H17N3O2.C12H16N2O3.C12H17NO2.C11H15NO2.C8H7BrO.C6H10O.C5H7NO2.C3H7NO/c1-20(15-11-7-4-8-12-15)17(24)21(2)19(26)22(18(20)25)13-16(23)14-9-5-3-6-10-14;1-12(8-6-4-3-5-7-8)9(13)14-11(17)15(2)10(12)16;1-12(8-6-4-3-5-7-8)9(15)13-11(17)14(2)10(12)16;1-3-15-11(14)12(2,9-13)10-7-5-4-6-8-10;1-2-14-11(13)10(8-12)9-6-4-3-5-7-9;9-6-8(10)7-4-2-1-3-5-7;7-6-4-2-1-3-5-6;1-2-8-5(7)3-4-6;1-2-3(4)5/h3,5-6,9-11H,4,7-8,12-13H2,1-2H3;6H,3-5,7H2,1-2H3,(H2,13,14,17);6H,3-5,7H2,1-2H3,(H,13,15,17);7H,3-6,8H2,1-2H3;2-7H2,1H3;1-5H,6H2;1-5H2;2-3H2,1H3;2H2,1H3,(H2,4,5). The van der Waals surface area contributed by atoms with Crippen LogP contribution in [0.1, 0.15) is 256 Å². The van der Waals surface area contributed by atoms with Gasteiger partial charge in [-0.1, -0.05) is 126 Å². The fourth-order valence-electron chi connectivity index (χ4n) is 13.9. The zero-order valence-corrected chi connectivity index (χ0v) is 72.4. The number of esters is 3. The van der Waals surface area contributed by atoms with Crippen LogP contribution >= 0.6 is 15.9 Å². The van der Waals surface area contributed by atoms with E-state index in [1.54, 1.807) is 91.8 Å². The highest BCUT2D eigenvalue weighted by atomic mass is 79.9. The number of nitrogens with one attached hydrogen (secondary N) is 3. The largest absolute Gasteiger partial charge is 0.465 e. The number of amidine groups is 1. The van der Waals surface area contributed by atoms with Gasteiger partial charge < -0.3 is 19.9 Å². The predicted molar refractivity (Wildman–Crippen MR) is 448 cm³/mol. The Balaban J connectivity index is 0.000000358. The zero-order chi connectivity index (χ0) is 89.1. The van der Waals surface area contributed by atoms with Crippen LogP contribution in [0.3, 0.4) is 0 Å². The van der Waals surface area contributed by atoms with Gasteiger partial charge >= 0.3 is 36.0 Å². The number of hydrogen-bond donors (Lipinski definition) is 4. The summed E-state index contributed by atoms with van der Waals surface area (Å²) in [6, 6.07) is 21.5. The first-order chi connectivity index (χ1) is 56.6. The van der Waals surface area contributed by atoms with Crippen molar-refractivity contribution in [3.63, 3.8) is 0 Å². The number of carbonyl (C=O) groups excluding carboxylic acids is 15. The molecule has 0 radical (unpaired) electrons. The van der Waals surface area contributed by atoms with E-state index < -0.39 is 81.3 Å². The molecular formula is C89H118BrN11O18. The van der Waals surface area contributed by atoms with Gasteiger partial charge in [-0.25, -0.2) is 24.0 Å². The number of imide groups is 5. The Morgan fingerprint density at radius 2 is 0.950 bits per heavy atom. The highest BCUT2D eigenvalue weighted by Gasteiger charge is 2.56. The summed E-state index contributed by atoms with van der Waals surface area (Å²) >= 11 is 3.10. The van der Waals surface area contributed by atoms with Crippen molar-refractivity contribution in [2.24, 2.45) is 27.4 Å². The number of urea groups is 3. The molecule has 2 saturated carbocycles. The van der Waals surface area contributed by atoms with Crippen LogP contribution in [0.15, 0.2) is 118 Å². The first-order valence-corrected chi connectivity index (χ1v) is 41.9. The molecule has 11 rings (SSSR count). The summed E-state index contributed by atoms with van der Waals surface area (Å²) in [4.78, 5) is 178. The zero-order valence-electron chi connectivity index (χ0n) is 70.9. The number of halogens is 1. The molecule has 5 fully saturated rings. The fourth-order valence-corrected chi connectivity index (χ4v) is 14.2. The number of ketones is 3. The molecule has 119 heavy (non-hydrogen) atoms. The summed E-state index contributed by atoms with van der Waals surface area (Å²) < 4.78 is 14.2. The number of benzene rings is 2. The first-order valence-electron chi connectivity index (χ1n) is 40.7. The third-order valence-corrected chi connectivity index (χ3v) is 21.9. The van der Waals surface area contributed by atoms with Crippen molar-refractivity contribution in [2.45, 2.75) is 235 Å². The number of nitriles is 3. The van der Waals surface area contributed by atoms with Crippen LogP contribution in [-0.2, 0) is 62.2 Å². The van der Waals surface area contributed by atoms with Crippen LogP contribution in [-0.4, -0.2) is 167 Å². The van der Waals surface area contributed by atoms with E-state index in [0.29, 0.717) is 49.3 Å². The van der Waals surface area contributed by atoms with Gasteiger partial charge in [-0.3, -0.25) is 83.6 Å². The van der Waals surface area contributed by atoms with E-state index in [1.165, 1.54) is 34.0 Å². The highest BCUT2D eigenvalue weighted by molar-refractivity contribution is 9.09. The van der Waals surface area contributed by atoms with Crippen molar-refractivity contribution in [2.75, 3.05) is 52.8 Å². The first kappa shape index (κ1) is 102. The van der Waals surface area contributed by atoms with Crippen molar-refractivity contribution in [3.8, 4) is 18.2 Å². The summed E-state index contributed by atoms with van der Waals surface area (Å²) in [6.45, 7) is 14.1. The molecule has 12 amide bonds. The van der Waals surface area contributed by atoms with Crippen LogP contribution in [0.4, 0.5) is 14.4 Å². The molecule has 0 spiro atoms. The van der Waals surface area contributed by atoms with E-state index in [9.17, 15) is 71.9 Å². The van der Waals surface area contributed by atoms with Gasteiger partial charge in [0.05, 0.1) is 43.8 Å². The number of ether oxygens (including phenoxy) is 3. The number of Topliss-reactive ketones (excluding diaryl/α,β-unsaturated/α-hetero) is 3. The molecule has 3 heterocycles.